The van der Waals surface area contributed by atoms with Crippen LogP contribution in [-0.4, -0.2) is 27.3 Å². The number of rotatable bonds is 3. The molecule has 5 nitrogen and oxygen atoms in total. The molecule has 0 bridgehead atoms. The monoisotopic (exact) mass is 187 g/mol. The number of hydrogen-bond acceptors (Lipinski definition) is 3. The van der Waals surface area contributed by atoms with Crippen molar-refractivity contribution in [3.8, 4) is 0 Å². The molecule has 0 fully saturated rings. The van der Waals surface area contributed by atoms with Gasteiger partial charge in [-0.1, -0.05) is 0 Å². The van der Waals surface area contributed by atoms with Crippen LogP contribution in [0.4, 0.5) is 4.39 Å². The van der Waals surface area contributed by atoms with Gasteiger partial charge in [-0.25, -0.2) is 4.39 Å². The lowest BCUT2D eigenvalue weighted by atomic mass is 10.1. The summed E-state index contributed by atoms with van der Waals surface area (Å²) in [6.07, 6.45) is -0.106. The van der Waals surface area contributed by atoms with Gasteiger partial charge < -0.3 is 10.8 Å². The van der Waals surface area contributed by atoms with Crippen LogP contribution in [0.2, 0.25) is 0 Å². The van der Waals surface area contributed by atoms with E-state index in [4.69, 9.17) is 10.8 Å². The molecule has 13 heavy (non-hydrogen) atoms. The summed E-state index contributed by atoms with van der Waals surface area (Å²) in [5.41, 5.74) is 5.55. The first kappa shape index (κ1) is 9.66. The summed E-state index contributed by atoms with van der Waals surface area (Å²) in [7, 11) is 0. The number of hydrogen-bond donors (Lipinski definition) is 3. The highest BCUT2D eigenvalue weighted by atomic mass is 19.1. The number of carboxylic acid groups (broad SMARTS) is 1. The molecule has 0 radical (unpaired) electrons. The Hall–Kier alpha value is -1.43. The van der Waals surface area contributed by atoms with Crippen molar-refractivity contribution in [2.45, 2.75) is 19.4 Å². The Morgan fingerprint density at radius 3 is 2.85 bits per heavy atom. The van der Waals surface area contributed by atoms with E-state index in [0.717, 1.165) is 0 Å². The van der Waals surface area contributed by atoms with E-state index in [0.29, 0.717) is 0 Å². The van der Waals surface area contributed by atoms with Gasteiger partial charge in [0.1, 0.15) is 11.7 Å². The molecule has 1 unspecified atom stereocenters. The number of H-pyrrole nitrogens is 1. The Morgan fingerprint density at radius 1 is 1.85 bits per heavy atom. The third kappa shape index (κ3) is 2.03. The van der Waals surface area contributed by atoms with Crippen molar-refractivity contribution < 1.29 is 14.3 Å². The minimum absolute atomic E-state index is 0.0624. The van der Waals surface area contributed by atoms with Crippen LogP contribution in [-0.2, 0) is 11.2 Å². The molecule has 6 heteroatoms. The molecular formula is C7H10FN3O2. The Bertz CT molecular complexity index is 324. The molecule has 1 aromatic rings. The van der Waals surface area contributed by atoms with Crippen LogP contribution in [0.3, 0.4) is 0 Å². The van der Waals surface area contributed by atoms with E-state index >= 15 is 0 Å². The lowest BCUT2D eigenvalue weighted by Crippen LogP contribution is -2.32. The number of aliphatic carboxylic acids is 1. The summed E-state index contributed by atoms with van der Waals surface area (Å²) in [6, 6.07) is -1.11. The first-order valence-electron chi connectivity index (χ1n) is 3.70. The molecule has 1 atom stereocenters. The van der Waals surface area contributed by atoms with Crippen LogP contribution in [0.15, 0.2) is 0 Å². The number of carbonyl (C=O) groups is 1. The summed E-state index contributed by atoms with van der Waals surface area (Å²) in [5.74, 6) is -1.68. The van der Waals surface area contributed by atoms with Gasteiger partial charge in [-0.3, -0.25) is 9.89 Å². The van der Waals surface area contributed by atoms with Gasteiger partial charge in [-0.2, -0.15) is 5.10 Å². The van der Waals surface area contributed by atoms with Crippen molar-refractivity contribution in [2.75, 3.05) is 0 Å². The van der Waals surface area contributed by atoms with E-state index in [2.05, 4.69) is 10.2 Å². The van der Waals surface area contributed by atoms with Gasteiger partial charge in [0.15, 0.2) is 5.82 Å². The Kier molecular flexibility index (Phi) is 2.62. The van der Waals surface area contributed by atoms with Crippen molar-refractivity contribution >= 4 is 5.97 Å². The Morgan fingerprint density at radius 2 is 2.46 bits per heavy atom. The average molecular weight is 187 g/mol. The molecule has 1 heterocycles. The number of nitrogens with zero attached hydrogens (tertiary/aromatic N) is 1. The summed E-state index contributed by atoms with van der Waals surface area (Å²) in [6.45, 7) is 1.51. The zero-order valence-electron chi connectivity index (χ0n) is 7.04. The van der Waals surface area contributed by atoms with Crippen LogP contribution in [0, 0.1) is 12.7 Å². The van der Waals surface area contributed by atoms with Crippen molar-refractivity contribution in [3.63, 3.8) is 0 Å². The summed E-state index contributed by atoms with van der Waals surface area (Å²) in [4.78, 5) is 10.3. The molecule has 4 N–H and O–H groups in total. The van der Waals surface area contributed by atoms with Gasteiger partial charge in [-0.05, 0) is 6.92 Å². The van der Waals surface area contributed by atoms with Crippen LogP contribution < -0.4 is 5.73 Å². The number of carboxylic acids is 1. The van der Waals surface area contributed by atoms with Gasteiger partial charge in [0.05, 0.1) is 5.69 Å². The Labute approximate surface area is 73.7 Å². The van der Waals surface area contributed by atoms with Crippen LogP contribution >= 0.6 is 0 Å². The van der Waals surface area contributed by atoms with Crippen molar-refractivity contribution in [1.82, 2.24) is 10.2 Å². The van der Waals surface area contributed by atoms with Gasteiger partial charge in [0.25, 0.3) is 0 Å². The predicted octanol–water partition coefficient (Wildman–Crippen LogP) is -0.188. The second kappa shape index (κ2) is 3.53. The number of halogens is 1. The van der Waals surface area contributed by atoms with E-state index in [-0.39, 0.29) is 17.8 Å². The second-order valence-corrected chi connectivity index (χ2v) is 2.76. The number of nitrogens with two attached hydrogens (primary N) is 1. The molecule has 0 spiro atoms. The van der Waals surface area contributed by atoms with Crippen molar-refractivity contribution in [2.24, 2.45) is 5.73 Å². The maximum atomic E-state index is 13.0. The van der Waals surface area contributed by atoms with Gasteiger partial charge in [0, 0.05) is 6.42 Å². The van der Waals surface area contributed by atoms with E-state index in [1.165, 1.54) is 6.92 Å². The van der Waals surface area contributed by atoms with Crippen molar-refractivity contribution in [1.29, 1.82) is 0 Å². The first-order chi connectivity index (χ1) is 6.02. The molecule has 72 valence electrons. The summed E-state index contributed by atoms with van der Waals surface area (Å²) < 4.78 is 13.0. The number of nitrogens with one attached hydrogen (secondary N) is 1. The summed E-state index contributed by atoms with van der Waals surface area (Å²) >= 11 is 0. The number of aromatic amines is 1. The van der Waals surface area contributed by atoms with Crippen LogP contribution in [0.25, 0.3) is 0 Å². The molecule has 1 rings (SSSR count). The van der Waals surface area contributed by atoms with E-state index in [9.17, 15) is 9.18 Å². The molecule has 0 saturated carbocycles. The fourth-order valence-corrected chi connectivity index (χ4v) is 0.897. The second-order valence-electron chi connectivity index (χ2n) is 2.76. The normalized spacial score (nSPS) is 12.8. The lowest BCUT2D eigenvalue weighted by Gasteiger charge is -2.02. The maximum absolute atomic E-state index is 13.0. The highest BCUT2D eigenvalue weighted by Gasteiger charge is 2.17. The molecule has 0 aliphatic carbocycles. The minimum atomic E-state index is -1.17. The van der Waals surface area contributed by atoms with Crippen LogP contribution in [0.1, 0.15) is 11.4 Å². The number of aryl methyl sites for hydroxylation is 1. The highest BCUT2D eigenvalue weighted by molar-refractivity contribution is 5.73. The summed E-state index contributed by atoms with van der Waals surface area (Å²) in [5, 5.41) is 14.5. The average Bonchev–Trinajstić information content (AvgIpc) is 2.36. The third-order valence-electron chi connectivity index (χ3n) is 1.67. The first-order valence-corrected chi connectivity index (χ1v) is 3.70. The highest BCUT2D eigenvalue weighted by Crippen LogP contribution is 2.08. The molecule has 1 aromatic heterocycles. The fraction of sp³-hybridized carbons (Fsp3) is 0.429. The van der Waals surface area contributed by atoms with Gasteiger partial charge in [-0.15, -0.1) is 0 Å². The number of aromatic nitrogens is 2. The van der Waals surface area contributed by atoms with Gasteiger partial charge in [0.2, 0.25) is 0 Å². The largest absolute Gasteiger partial charge is 0.480 e. The molecule has 0 saturated heterocycles. The topological polar surface area (TPSA) is 92.0 Å². The SMILES string of the molecule is Cc1[nH]nc(CC(N)C(=O)O)c1F. The molecule has 0 aliphatic rings. The Balaban J connectivity index is 2.74. The van der Waals surface area contributed by atoms with E-state index in [1.807, 2.05) is 0 Å². The van der Waals surface area contributed by atoms with Gasteiger partial charge >= 0.3 is 5.97 Å². The molecule has 0 aliphatic heterocycles. The van der Waals surface area contributed by atoms with E-state index in [1.54, 1.807) is 0 Å². The van der Waals surface area contributed by atoms with E-state index < -0.39 is 17.8 Å². The smallest absolute Gasteiger partial charge is 0.320 e. The minimum Gasteiger partial charge on any atom is -0.480 e. The quantitative estimate of drug-likeness (QED) is 0.611. The molecule has 0 amide bonds. The fourth-order valence-electron chi connectivity index (χ4n) is 0.897. The van der Waals surface area contributed by atoms with Crippen LogP contribution in [0.5, 0.6) is 0 Å². The molecular weight excluding hydrogens is 177 g/mol. The maximum Gasteiger partial charge on any atom is 0.320 e. The lowest BCUT2D eigenvalue weighted by molar-refractivity contribution is -0.138. The zero-order valence-corrected chi connectivity index (χ0v) is 7.04. The molecule has 0 aromatic carbocycles. The predicted molar refractivity (Wildman–Crippen MR) is 42.6 cm³/mol. The van der Waals surface area contributed by atoms with Crippen molar-refractivity contribution in [3.05, 3.63) is 17.2 Å². The standard InChI is InChI=1S/C7H10FN3O2/c1-3-6(8)5(11-10-3)2-4(9)7(12)13/h4H,2,9H2,1H3,(H,10,11)(H,12,13). The third-order valence-corrected chi connectivity index (χ3v) is 1.67. The zero-order chi connectivity index (χ0) is 10.0.